The van der Waals surface area contributed by atoms with Crippen LogP contribution in [0.25, 0.3) is 0 Å². The summed E-state index contributed by atoms with van der Waals surface area (Å²) in [7, 11) is 1.25. The number of aromatic hydroxyl groups is 1. The molecule has 2 N–H and O–H groups in total. The van der Waals surface area contributed by atoms with Crippen LogP contribution in [0.1, 0.15) is 15.9 Å². The average molecular weight is 275 g/mol. The number of carbonyl (C=O) groups excluding carboxylic acids is 1. The van der Waals surface area contributed by atoms with Crippen LogP contribution < -0.4 is 5.32 Å². The molecule has 0 aromatic heterocycles. The van der Waals surface area contributed by atoms with Gasteiger partial charge < -0.3 is 15.2 Å². The first-order chi connectivity index (χ1) is 9.60. The van der Waals surface area contributed by atoms with E-state index in [0.29, 0.717) is 12.2 Å². The minimum Gasteiger partial charge on any atom is -0.508 e. The van der Waals surface area contributed by atoms with Gasteiger partial charge in [0.15, 0.2) is 0 Å². The zero-order chi connectivity index (χ0) is 14.5. The molecule has 0 heterocycles. The molecule has 0 fully saturated rings. The van der Waals surface area contributed by atoms with Crippen LogP contribution in [0, 0.1) is 5.82 Å². The summed E-state index contributed by atoms with van der Waals surface area (Å²) in [5.74, 6) is -0.913. The van der Waals surface area contributed by atoms with Gasteiger partial charge in [-0.3, -0.25) is 0 Å². The highest BCUT2D eigenvalue weighted by molar-refractivity contribution is 5.95. The summed E-state index contributed by atoms with van der Waals surface area (Å²) in [4.78, 5) is 11.6. The van der Waals surface area contributed by atoms with E-state index in [1.807, 2.05) is 0 Å². The Kier molecular flexibility index (Phi) is 4.20. The number of methoxy groups -OCH3 is 1. The van der Waals surface area contributed by atoms with Gasteiger partial charge in [-0.15, -0.1) is 0 Å². The van der Waals surface area contributed by atoms with E-state index in [0.717, 1.165) is 11.6 Å². The molecule has 2 aromatic rings. The van der Waals surface area contributed by atoms with Crippen molar-refractivity contribution in [1.82, 2.24) is 0 Å². The van der Waals surface area contributed by atoms with Gasteiger partial charge >= 0.3 is 5.97 Å². The lowest BCUT2D eigenvalue weighted by Crippen LogP contribution is -2.08. The molecule has 0 radical (unpaired) electrons. The van der Waals surface area contributed by atoms with E-state index >= 15 is 0 Å². The molecule has 5 heteroatoms. The molecule has 0 saturated heterocycles. The van der Waals surface area contributed by atoms with Crippen molar-refractivity contribution in [2.24, 2.45) is 0 Å². The van der Waals surface area contributed by atoms with Crippen molar-refractivity contribution in [3.05, 3.63) is 59.4 Å². The van der Waals surface area contributed by atoms with E-state index in [1.165, 1.54) is 19.2 Å². The Hall–Kier alpha value is -2.56. The first-order valence-electron chi connectivity index (χ1n) is 6.00. The quantitative estimate of drug-likeness (QED) is 0.842. The Bertz CT molecular complexity index is 611. The van der Waals surface area contributed by atoms with E-state index in [9.17, 15) is 14.3 Å². The van der Waals surface area contributed by atoms with E-state index in [2.05, 4.69) is 10.1 Å². The van der Waals surface area contributed by atoms with E-state index in [1.54, 1.807) is 24.3 Å². The summed E-state index contributed by atoms with van der Waals surface area (Å²) < 4.78 is 17.8. The van der Waals surface area contributed by atoms with Gasteiger partial charge in [-0.25, -0.2) is 9.18 Å². The van der Waals surface area contributed by atoms with E-state index < -0.39 is 11.8 Å². The zero-order valence-electron chi connectivity index (χ0n) is 10.9. The number of benzene rings is 2. The standard InChI is InChI=1S/C15H14FNO3/c1-20-15(19)13-8-11(16)4-7-14(13)17-9-10-2-5-12(18)6-3-10/h2-8,17-18H,9H2,1H3. The first-order valence-corrected chi connectivity index (χ1v) is 6.00. The summed E-state index contributed by atoms with van der Waals surface area (Å²) in [5.41, 5.74) is 1.56. The molecule has 0 aliphatic heterocycles. The number of hydrogen-bond donors (Lipinski definition) is 2. The number of nitrogens with one attached hydrogen (secondary N) is 1. The number of phenolic OH excluding ortho intramolecular Hbond substituents is 1. The van der Waals surface area contributed by atoms with Gasteiger partial charge in [0.05, 0.1) is 12.7 Å². The molecule has 0 amide bonds. The molecule has 0 spiro atoms. The lowest BCUT2D eigenvalue weighted by molar-refractivity contribution is 0.0601. The Labute approximate surface area is 115 Å². The fourth-order valence-corrected chi connectivity index (χ4v) is 1.76. The predicted octanol–water partition coefficient (Wildman–Crippen LogP) is 2.93. The lowest BCUT2D eigenvalue weighted by atomic mass is 10.1. The summed E-state index contributed by atoms with van der Waals surface area (Å²) in [6, 6.07) is 10.5. The van der Waals surface area contributed by atoms with Gasteiger partial charge in [-0.05, 0) is 35.9 Å². The van der Waals surface area contributed by atoms with Crippen LogP contribution in [0.3, 0.4) is 0 Å². The molecule has 0 saturated carbocycles. The molecule has 0 bridgehead atoms. The molecule has 20 heavy (non-hydrogen) atoms. The topological polar surface area (TPSA) is 58.6 Å². The Morgan fingerprint density at radius 2 is 1.95 bits per heavy atom. The maximum absolute atomic E-state index is 13.2. The second-order valence-electron chi connectivity index (χ2n) is 4.20. The molecule has 104 valence electrons. The van der Waals surface area contributed by atoms with Gasteiger partial charge in [-0.2, -0.15) is 0 Å². The number of phenols is 1. The molecule has 0 aliphatic rings. The first kappa shape index (κ1) is 13.9. The Morgan fingerprint density at radius 1 is 1.25 bits per heavy atom. The second kappa shape index (κ2) is 6.06. The minimum atomic E-state index is -0.599. The third kappa shape index (κ3) is 3.26. The van der Waals surface area contributed by atoms with E-state index in [-0.39, 0.29) is 11.3 Å². The maximum Gasteiger partial charge on any atom is 0.340 e. The van der Waals surface area contributed by atoms with Crippen molar-refractivity contribution in [3.8, 4) is 5.75 Å². The highest BCUT2D eigenvalue weighted by Gasteiger charge is 2.12. The number of carbonyl (C=O) groups is 1. The van der Waals surface area contributed by atoms with Gasteiger partial charge in [0.25, 0.3) is 0 Å². The summed E-state index contributed by atoms with van der Waals surface area (Å²) in [5, 5.41) is 12.2. The van der Waals surface area contributed by atoms with Crippen molar-refractivity contribution in [1.29, 1.82) is 0 Å². The molecule has 2 rings (SSSR count). The van der Waals surface area contributed by atoms with Crippen LogP contribution in [-0.4, -0.2) is 18.2 Å². The van der Waals surface area contributed by atoms with Crippen LogP contribution in [-0.2, 0) is 11.3 Å². The number of halogens is 1. The monoisotopic (exact) mass is 275 g/mol. The fourth-order valence-electron chi connectivity index (χ4n) is 1.76. The molecule has 0 atom stereocenters. The summed E-state index contributed by atoms with van der Waals surface area (Å²) >= 11 is 0. The van der Waals surface area contributed by atoms with Crippen LogP contribution in [0.5, 0.6) is 5.75 Å². The van der Waals surface area contributed by atoms with Crippen LogP contribution in [0.2, 0.25) is 0 Å². The second-order valence-corrected chi connectivity index (χ2v) is 4.20. The van der Waals surface area contributed by atoms with Crippen molar-refractivity contribution >= 4 is 11.7 Å². The van der Waals surface area contributed by atoms with Crippen LogP contribution in [0.15, 0.2) is 42.5 Å². The maximum atomic E-state index is 13.2. The fraction of sp³-hybridized carbons (Fsp3) is 0.133. The smallest absolute Gasteiger partial charge is 0.340 e. The van der Waals surface area contributed by atoms with Crippen LogP contribution >= 0.6 is 0 Å². The number of rotatable bonds is 4. The number of esters is 1. The normalized spacial score (nSPS) is 10.1. The molecule has 0 unspecified atom stereocenters. The minimum absolute atomic E-state index is 0.145. The van der Waals surface area contributed by atoms with Gasteiger partial charge in [0.1, 0.15) is 11.6 Å². The highest BCUT2D eigenvalue weighted by atomic mass is 19.1. The van der Waals surface area contributed by atoms with Gasteiger partial charge in [0.2, 0.25) is 0 Å². The molecular weight excluding hydrogens is 261 g/mol. The van der Waals surface area contributed by atoms with Crippen molar-refractivity contribution in [2.45, 2.75) is 6.54 Å². The van der Waals surface area contributed by atoms with Crippen LogP contribution in [0.4, 0.5) is 10.1 Å². The molecule has 0 aliphatic carbocycles. The van der Waals surface area contributed by atoms with Crippen molar-refractivity contribution < 1.29 is 19.0 Å². The number of hydrogen-bond acceptors (Lipinski definition) is 4. The number of anilines is 1. The Morgan fingerprint density at radius 3 is 2.60 bits per heavy atom. The average Bonchev–Trinajstić information content (AvgIpc) is 2.46. The molecular formula is C15H14FNO3. The van der Waals surface area contributed by atoms with E-state index in [4.69, 9.17) is 0 Å². The third-order valence-corrected chi connectivity index (χ3v) is 2.81. The largest absolute Gasteiger partial charge is 0.508 e. The van der Waals surface area contributed by atoms with Gasteiger partial charge in [-0.1, -0.05) is 12.1 Å². The predicted molar refractivity (Wildman–Crippen MR) is 73.2 cm³/mol. The molecule has 4 nitrogen and oxygen atoms in total. The Balaban J connectivity index is 2.16. The van der Waals surface area contributed by atoms with Gasteiger partial charge in [0, 0.05) is 12.2 Å². The van der Waals surface area contributed by atoms with Crippen molar-refractivity contribution in [2.75, 3.05) is 12.4 Å². The summed E-state index contributed by atoms with van der Waals surface area (Å²) in [6.07, 6.45) is 0. The zero-order valence-corrected chi connectivity index (χ0v) is 10.9. The SMILES string of the molecule is COC(=O)c1cc(F)ccc1NCc1ccc(O)cc1. The summed E-state index contributed by atoms with van der Waals surface area (Å²) in [6.45, 7) is 0.440. The highest BCUT2D eigenvalue weighted by Crippen LogP contribution is 2.19. The lowest BCUT2D eigenvalue weighted by Gasteiger charge is -2.11. The third-order valence-electron chi connectivity index (χ3n) is 2.81. The van der Waals surface area contributed by atoms with Crippen molar-refractivity contribution in [3.63, 3.8) is 0 Å². The molecule has 2 aromatic carbocycles. The number of ether oxygens (including phenoxy) is 1.